The van der Waals surface area contributed by atoms with Crippen molar-refractivity contribution in [3.05, 3.63) is 46.6 Å². The Balaban J connectivity index is 2.11. The van der Waals surface area contributed by atoms with Crippen LogP contribution in [-0.4, -0.2) is 33.2 Å². The van der Waals surface area contributed by atoms with Crippen molar-refractivity contribution in [2.24, 2.45) is 7.05 Å². The SMILES string of the molecule is CCc1c(C)nn(C)c1NC(=O)c1ccc(CN(CC)C(C)C)cc1. The number of anilines is 1. The summed E-state index contributed by atoms with van der Waals surface area (Å²) in [5.74, 6) is 0.687. The van der Waals surface area contributed by atoms with Gasteiger partial charge in [0, 0.05) is 30.8 Å². The largest absolute Gasteiger partial charge is 0.307 e. The van der Waals surface area contributed by atoms with Gasteiger partial charge in [0.15, 0.2) is 0 Å². The van der Waals surface area contributed by atoms with Gasteiger partial charge in [-0.05, 0) is 51.4 Å². The fourth-order valence-corrected chi connectivity index (χ4v) is 3.12. The first-order valence-corrected chi connectivity index (χ1v) is 9.04. The minimum Gasteiger partial charge on any atom is -0.307 e. The van der Waals surface area contributed by atoms with Crippen LogP contribution in [0.15, 0.2) is 24.3 Å². The molecule has 0 bridgehead atoms. The zero-order valence-corrected chi connectivity index (χ0v) is 16.3. The Kier molecular flexibility index (Phi) is 6.37. The second kappa shape index (κ2) is 8.30. The number of benzene rings is 1. The summed E-state index contributed by atoms with van der Waals surface area (Å²) >= 11 is 0. The van der Waals surface area contributed by atoms with E-state index in [2.05, 4.69) is 43.0 Å². The van der Waals surface area contributed by atoms with Crippen LogP contribution in [0, 0.1) is 6.92 Å². The standard InChI is InChI=1S/C20H30N4O/c1-7-18-15(5)22-23(6)19(18)21-20(25)17-11-9-16(10-12-17)13-24(8-2)14(3)4/h9-12,14H,7-8,13H2,1-6H3,(H,21,25). The minimum absolute atomic E-state index is 0.0968. The third-order valence-corrected chi connectivity index (χ3v) is 4.67. The average molecular weight is 342 g/mol. The highest BCUT2D eigenvalue weighted by Gasteiger charge is 2.15. The van der Waals surface area contributed by atoms with E-state index in [1.165, 1.54) is 5.56 Å². The number of nitrogens with zero attached hydrogens (tertiary/aromatic N) is 3. The summed E-state index contributed by atoms with van der Waals surface area (Å²) in [6, 6.07) is 8.37. The summed E-state index contributed by atoms with van der Waals surface area (Å²) in [4.78, 5) is 15.0. The van der Waals surface area contributed by atoms with Crippen molar-refractivity contribution in [3.63, 3.8) is 0 Å². The molecule has 0 unspecified atom stereocenters. The van der Waals surface area contributed by atoms with E-state index < -0.39 is 0 Å². The highest BCUT2D eigenvalue weighted by molar-refractivity contribution is 6.04. The summed E-state index contributed by atoms with van der Waals surface area (Å²) in [6.07, 6.45) is 0.844. The van der Waals surface area contributed by atoms with Gasteiger partial charge in [0.1, 0.15) is 5.82 Å². The Hall–Kier alpha value is -2.14. The van der Waals surface area contributed by atoms with E-state index in [1.807, 2.05) is 38.2 Å². The van der Waals surface area contributed by atoms with Crippen LogP contribution in [0.5, 0.6) is 0 Å². The van der Waals surface area contributed by atoms with Gasteiger partial charge in [-0.1, -0.05) is 26.0 Å². The molecule has 0 spiro atoms. The molecule has 1 aromatic carbocycles. The van der Waals surface area contributed by atoms with E-state index in [4.69, 9.17) is 0 Å². The summed E-state index contributed by atoms with van der Waals surface area (Å²) in [5, 5.41) is 7.41. The molecule has 0 aliphatic rings. The molecule has 0 aliphatic heterocycles. The third-order valence-electron chi connectivity index (χ3n) is 4.67. The van der Waals surface area contributed by atoms with Gasteiger partial charge in [-0.2, -0.15) is 5.10 Å². The van der Waals surface area contributed by atoms with E-state index in [0.29, 0.717) is 11.6 Å². The second-order valence-electron chi connectivity index (χ2n) is 6.70. The van der Waals surface area contributed by atoms with Gasteiger partial charge in [0.25, 0.3) is 5.91 Å². The number of carbonyl (C=O) groups excluding carboxylic acids is 1. The first-order valence-electron chi connectivity index (χ1n) is 9.04. The predicted molar refractivity (Wildman–Crippen MR) is 103 cm³/mol. The quantitative estimate of drug-likeness (QED) is 0.833. The molecule has 1 heterocycles. The Bertz CT molecular complexity index is 716. The Morgan fingerprint density at radius 2 is 1.88 bits per heavy atom. The summed E-state index contributed by atoms with van der Waals surface area (Å²) in [5.41, 5.74) is 3.93. The molecule has 0 radical (unpaired) electrons. The van der Waals surface area contributed by atoms with Crippen LogP contribution >= 0.6 is 0 Å². The van der Waals surface area contributed by atoms with Crippen molar-refractivity contribution in [2.45, 2.75) is 53.6 Å². The molecule has 0 fully saturated rings. The first-order chi connectivity index (χ1) is 11.9. The zero-order chi connectivity index (χ0) is 18.6. The molecule has 1 amide bonds. The molecule has 0 aliphatic carbocycles. The molecule has 1 aromatic heterocycles. The van der Waals surface area contributed by atoms with Crippen molar-refractivity contribution in [1.82, 2.24) is 14.7 Å². The summed E-state index contributed by atoms with van der Waals surface area (Å²) in [7, 11) is 1.86. The molecule has 1 N–H and O–H groups in total. The van der Waals surface area contributed by atoms with Gasteiger partial charge in [0.05, 0.1) is 5.69 Å². The van der Waals surface area contributed by atoms with Crippen LogP contribution in [0.1, 0.15) is 54.9 Å². The normalized spacial score (nSPS) is 11.4. The number of aromatic nitrogens is 2. The number of hydrogen-bond acceptors (Lipinski definition) is 3. The zero-order valence-electron chi connectivity index (χ0n) is 16.3. The number of carbonyl (C=O) groups is 1. The van der Waals surface area contributed by atoms with E-state index in [0.717, 1.165) is 36.6 Å². The van der Waals surface area contributed by atoms with E-state index >= 15 is 0 Å². The van der Waals surface area contributed by atoms with Crippen LogP contribution < -0.4 is 5.32 Å². The van der Waals surface area contributed by atoms with Gasteiger partial charge in [-0.3, -0.25) is 14.4 Å². The molecule has 25 heavy (non-hydrogen) atoms. The van der Waals surface area contributed by atoms with Crippen LogP contribution in [0.25, 0.3) is 0 Å². The Morgan fingerprint density at radius 3 is 2.40 bits per heavy atom. The van der Waals surface area contributed by atoms with Crippen molar-refractivity contribution in [1.29, 1.82) is 0 Å². The Labute approximate surface area is 151 Å². The van der Waals surface area contributed by atoms with Crippen molar-refractivity contribution >= 4 is 11.7 Å². The van der Waals surface area contributed by atoms with Crippen LogP contribution in [0.2, 0.25) is 0 Å². The highest BCUT2D eigenvalue weighted by Crippen LogP contribution is 2.20. The molecule has 2 aromatic rings. The fraction of sp³-hybridized carbons (Fsp3) is 0.500. The molecule has 0 atom stereocenters. The van der Waals surface area contributed by atoms with Gasteiger partial charge < -0.3 is 5.32 Å². The molecule has 0 saturated heterocycles. The molecule has 136 valence electrons. The summed E-state index contributed by atoms with van der Waals surface area (Å²) < 4.78 is 1.74. The maximum Gasteiger partial charge on any atom is 0.256 e. The number of nitrogens with one attached hydrogen (secondary N) is 1. The van der Waals surface area contributed by atoms with Crippen molar-refractivity contribution in [3.8, 4) is 0 Å². The van der Waals surface area contributed by atoms with E-state index in [1.54, 1.807) is 4.68 Å². The van der Waals surface area contributed by atoms with Gasteiger partial charge in [-0.15, -0.1) is 0 Å². The lowest BCUT2D eigenvalue weighted by atomic mass is 10.1. The van der Waals surface area contributed by atoms with Gasteiger partial charge >= 0.3 is 0 Å². The smallest absolute Gasteiger partial charge is 0.256 e. The van der Waals surface area contributed by atoms with E-state index in [9.17, 15) is 4.79 Å². The highest BCUT2D eigenvalue weighted by atomic mass is 16.1. The maximum absolute atomic E-state index is 12.6. The maximum atomic E-state index is 12.6. The molecular formula is C20H30N4O. The topological polar surface area (TPSA) is 50.2 Å². The summed E-state index contributed by atoms with van der Waals surface area (Å²) in [6.45, 7) is 12.5. The molecule has 5 nitrogen and oxygen atoms in total. The fourth-order valence-electron chi connectivity index (χ4n) is 3.12. The average Bonchev–Trinajstić information content (AvgIpc) is 2.85. The molecule has 0 saturated carbocycles. The lowest BCUT2D eigenvalue weighted by Gasteiger charge is -2.24. The molecule has 5 heteroatoms. The van der Waals surface area contributed by atoms with Gasteiger partial charge in [0.2, 0.25) is 0 Å². The van der Waals surface area contributed by atoms with Crippen LogP contribution in [0.4, 0.5) is 5.82 Å². The number of rotatable bonds is 7. The number of amides is 1. The predicted octanol–water partition coefficient (Wildman–Crippen LogP) is 3.77. The van der Waals surface area contributed by atoms with E-state index in [-0.39, 0.29) is 5.91 Å². The van der Waals surface area contributed by atoms with Crippen molar-refractivity contribution < 1.29 is 4.79 Å². The van der Waals surface area contributed by atoms with Crippen molar-refractivity contribution in [2.75, 3.05) is 11.9 Å². The lowest BCUT2D eigenvalue weighted by molar-refractivity contribution is 0.102. The molecule has 2 rings (SSSR count). The monoisotopic (exact) mass is 342 g/mol. The van der Waals surface area contributed by atoms with Crippen LogP contribution in [0.3, 0.4) is 0 Å². The van der Waals surface area contributed by atoms with Crippen LogP contribution in [-0.2, 0) is 20.0 Å². The Morgan fingerprint density at radius 1 is 1.24 bits per heavy atom. The lowest BCUT2D eigenvalue weighted by Crippen LogP contribution is -2.29. The second-order valence-corrected chi connectivity index (χ2v) is 6.70. The number of hydrogen-bond donors (Lipinski definition) is 1. The third kappa shape index (κ3) is 4.48. The molecular weight excluding hydrogens is 312 g/mol. The minimum atomic E-state index is -0.0968. The first kappa shape index (κ1) is 19.2. The van der Waals surface area contributed by atoms with Gasteiger partial charge in [-0.25, -0.2) is 0 Å². The number of aryl methyl sites for hydroxylation is 2.